The van der Waals surface area contributed by atoms with E-state index >= 15 is 0 Å². The fourth-order valence-electron chi connectivity index (χ4n) is 1.42. The number of carboxylic acids is 1. The summed E-state index contributed by atoms with van der Waals surface area (Å²) >= 11 is 0. The molecule has 0 aliphatic rings. The Morgan fingerprint density at radius 1 is 1.00 bits per heavy atom. The highest BCUT2D eigenvalue weighted by atomic mass is 16.4. The van der Waals surface area contributed by atoms with E-state index in [2.05, 4.69) is 18.5 Å². The van der Waals surface area contributed by atoms with Crippen molar-refractivity contribution in [3.63, 3.8) is 0 Å². The molecule has 0 saturated heterocycles. The molecule has 112 valence electrons. The van der Waals surface area contributed by atoms with E-state index in [0.29, 0.717) is 6.42 Å². The van der Waals surface area contributed by atoms with Crippen LogP contribution in [0.25, 0.3) is 0 Å². The number of ketones is 1. The maximum absolute atomic E-state index is 11.4. The summed E-state index contributed by atoms with van der Waals surface area (Å²) in [6.45, 7) is 6.40. The van der Waals surface area contributed by atoms with Gasteiger partial charge in [-0.15, -0.1) is 0 Å². The van der Waals surface area contributed by atoms with Gasteiger partial charge in [-0.2, -0.15) is 0 Å². The number of Topliss-reactive ketones (excluding diaryl/α,β-unsaturated/α-hetero) is 1. The number of hydrogen-bond acceptors (Lipinski definition) is 5. The third-order valence-electron chi connectivity index (χ3n) is 2.52. The number of amides is 1. The van der Waals surface area contributed by atoms with Crippen LogP contribution in [0.4, 0.5) is 0 Å². The van der Waals surface area contributed by atoms with Gasteiger partial charge in [0.15, 0.2) is 11.5 Å². The van der Waals surface area contributed by atoms with Gasteiger partial charge in [-0.3, -0.25) is 14.4 Å². The van der Waals surface area contributed by atoms with Crippen molar-refractivity contribution in [3.8, 4) is 0 Å². The first kappa shape index (κ1) is 17.7. The summed E-state index contributed by atoms with van der Waals surface area (Å²) in [4.78, 5) is 32.8. The van der Waals surface area contributed by atoms with Crippen molar-refractivity contribution < 1.29 is 29.7 Å². The van der Waals surface area contributed by atoms with Gasteiger partial charge in [0.05, 0.1) is 12.5 Å². The second kappa shape index (κ2) is 8.73. The third-order valence-corrected chi connectivity index (χ3v) is 2.52. The molecule has 0 aromatic heterocycles. The Hall–Kier alpha value is -2.31. The molecule has 20 heavy (non-hydrogen) atoms. The van der Waals surface area contributed by atoms with Gasteiger partial charge >= 0.3 is 5.97 Å². The Morgan fingerprint density at radius 2 is 1.60 bits per heavy atom. The summed E-state index contributed by atoms with van der Waals surface area (Å²) in [7, 11) is 0. The van der Waals surface area contributed by atoms with Crippen molar-refractivity contribution in [2.24, 2.45) is 0 Å². The van der Waals surface area contributed by atoms with E-state index in [9.17, 15) is 19.5 Å². The van der Waals surface area contributed by atoms with Crippen molar-refractivity contribution in [2.45, 2.75) is 38.1 Å². The second-order valence-electron chi connectivity index (χ2n) is 4.27. The standard InChI is InChI=1S/C13H19NO6/c1-8(15)10(4-3-5-11(17)9(2)16)14-12(18)6-7-13(19)20/h10,15-16H,1-7H2,(H,14,18)(H,19,20)/t10-/m0/s1. The number of nitrogens with one attached hydrogen (secondary N) is 1. The molecular formula is C13H19NO6. The number of allylic oxidation sites excluding steroid dienone is 1. The number of carbonyl (C=O) groups excluding carboxylic acids is 2. The number of rotatable bonds is 10. The summed E-state index contributed by atoms with van der Waals surface area (Å²) in [6.07, 6.45) is 0.0733. The van der Waals surface area contributed by atoms with Crippen molar-refractivity contribution >= 4 is 17.7 Å². The molecular weight excluding hydrogens is 266 g/mol. The quantitative estimate of drug-likeness (QED) is 0.353. The second-order valence-corrected chi connectivity index (χ2v) is 4.27. The molecule has 0 aromatic carbocycles. The number of hydrogen-bond donors (Lipinski definition) is 4. The first-order chi connectivity index (χ1) is 9.23. The summed E-state index contributed by atoms with van der Waals surface area (Å²) in [5, 5.41) is 29.0. The van der Waals surface area contributed by atoms with Crippen LogP contribution < -0.4 is 5.32 Å². The van der Waals surface area contributed by atoms with Crippen LogP contribution in [0.5, 0.6) is 0 Å². The van der Waals surface area contributed by atoms with E-state index in [4.69, 9.17) is 10.2 Å². The lowest BCUT2D eigenvalue weighted by Gasteiger charge is -2.17. The number of carboxylic acid groups (broad SMARTS) is 1. The molecule has 1 amide bonds. The minimum absolute atomic E-state index is 0.0319. The van der Waals surface area contributed by atoms with E-state index in [-0.39, 0.29) is 31.4 Å². The lowest BCUT2D eigenvalue weighted by molar-refractivity contribution is -0.138. The van der Waals surface area contributed by atoms with E-state index in [1.807, 2.05) is 0 Å². The van der Waals surface area contributed by atoms with Crippen LogP contribution in [-0.2, 0) is 14.4 Å². The van der Waals surface area contributed by atoms with Crippen molar-refractivity contribution in [1.29, 1.82) is 0 Å². The van der Waals surface area contributed by atoms with Crippen LogP contribution in [0.1, 0.15) is 32.1 Å². The van der Waals surface area contributed by atoms with Gasteiger partial charge in [-0.25, -0.2) is 0 Å². The fraction of sp³-hybridized carbons (Fsp3) is 0.462. The smallest absolute Gasteiger partial charge is 0.303 e. The molecule has 0 fully saturated rings. The molecule has 4 N–H and O–H groups in total. The van der Waals surface area contributed by atoms with E-state index < -0.39 is 29.5 Å². The zero-order valence-electron chi connectivity index (χ0n) is 11.1. The molecule has 0 aliphatic heterocycles. The van der Waals surface area contributed by atoms with E-state index in [1.165, 1.54) is 0 Å². The molecule has 7 heteroatoms. The summed E-state index contributed by atoms with van der Waals surface area (Å²) in [5.41, 5.74) is 0. The zero-order chi connectivity index (χ0) is 15.7. The summed E-state index contributed by atoms with van der Waals surface area (Å²) in [5.74, 6) is -2.93. The normalized spacial score (nSPS) is 11.4. The predicted molar refractivity (Wildman–Crippen MR) is 71.2 cm³/mol. The number of aliphatic hydroxyl groups is 2. The molecule has 0 unspecified atom stereocenters. The average molecular weight is 285 g/mol. The third kappa shape index (κ3) is 7.91. The van der Waals surface area contributed by atoms with Gasteiger partial charge in [-0.1, -0.05) is 13.2 Å². The first-order valence-corrected chi connectivity index (χ1v) is 6.04. The summed E-state index contributed by atoms with van der Waals surface area (Å²) in [6, 6.07) is -0.754. The molecule has 7 nitrogen and oxygen atoms in total. The largest absolute Gasteiger partial charge is 0.511 e. The molecule has 0 heterocycles. The predicted octanol–water partition coefficient (Wildman–Crippen LogP) is 1.22. The minimum Gasteiger partial charge on any atom is -0.511 e. The highest BCUT2D eigenvalue weighted by molar-refractivity contribution is 5.92. The van der Waals surface area contributed by atoms with Gasteiger partial charge in [0.2, 0.25) is 5.91 Å². The zero-order valence-corrected chi connectivity index (χ0v) is 11.1. The van der Waals surface area contributed by atoms with Gasteiger partial charge < -0.3 is 20.6 Å². The van der Waals surface area contributed by atoms with E-state index in [0.717, 1.165) is 0 Å². The maximum Gasteiger partial charge on any atom is 0.303 e. The molecule has 0 aliphatic carbocycles. The highest BCUT2D eigenvalue weighted by Gasteiger charge is 2.16. The lowest BCUT2D eigenvalue weighted by atomic mass is 10.1. The van der Waals surface area contributed by atoms with Crippen molar-refractivity contribution in [3.05, 3.63) is 24.7 Å². The van der Waals surface area contributed by atoms with Gasteiger partial charge in [0, 0.05) is 12.8 Å². The van der Waals surface area contributed by atoms with Crippen LogP contribution in [0, 0.1) is 0 Å². The number of carbonyl (C=O) groups is 3. The van der Waals surface area contributed by atoms with Crippen LogP contribution >= 0.6 is 0 Å². The van der Waals surface area contributed by atoms with Crippen LogP contribution in [-0.4, -0.2) is 39.0 Å². The maximum atomic E-state index is 11.4. The Labute approximate surface area is 116 Å². The van der Waals surface area contributed by atoms with Gasteiger partial charge in [-0.05, 0) is 12.8 Å². The molecule has 0 saturated carbocycles. The van der Waals surface area contributed by atoms with Gasteiger partial charge in [0.25, 0.3) is 0 Å². The number of aliphatic hydroxyl groups excluding tert-OH is 2. The van der Waals surface area contributed by atoms with Crippen LogP contribution in [0.3, 0.4) is 0 Å². The molecule has 1 atom stereocenters. The lowest BCUT2D eigenvalue weighted by Crippen LogP contribution is -2.36. The Bertz CT molecular complexity index is 415. The van der Waals surface area contributed by atoms with E-state index in [1.54, 1.807) is 0 Å². The van der Waals surface area contributed by atoms with Crippen LogP contribution in [0.2, 0.25) is 0 Å². The van der Waals surface area contributed by atoms with Gasteiger partial charge in [0.1, 0.15) is 5.76 Å². The molecule has 0 rings (SSSR count). The average Bonchev–Trinajstić information content (AvgIpc) is 2.34. The SMILES string of the molecule is C=C(O)C(=O)CCC[C@H](NC(=O)CCC(=O)O)C(=C)O. The Morgan fingerprint density at radius 3 is 2.05 bits per heavy atom. The molecule has 0 aromatic rings. The highest BCUT2D eigenvalue weighted by Crippen LogP contribution is 2.09. The number of aliphatic carboxylic acids is 1. The monoisotopic (exact) mass is 285 g/mol. The fourth-order valence-corrected chi connectivity index (χ4v) is 1.42. The van der Waals surface area contributed by atoms with Crippen molar-refractivity contribution in [2.75, 3.05) is 0 Å². The van der Waals surface area contributed by atoms with Crippen LogP contribution in [0.15, 0.2) is 24.7 Å². The Kier molecular flexibility index (Phi) is 7.72. The summed E-state index contributed by atoms with van der Waals surface area (Å²) < 4.78 is 0. The molecule has 0 spiro atoms. The van der Waals surface area contributed by atoms with Crippen molar-refractivity contribution in [1.82, 2.24) is 5.32 Å². The Balaban J connectivity index is 4.20. The first-order valence-electron chi connectivity index (χ1n) is 6.04. The molecule has 0 radical (unpaired) electrons. The minimum atomic E-state index is -1.09. The molecule has 0 bridgehead atoms. The topological polar surface area (TPSA) is 124 Å².